The number of likely N-dealkylation sites (tertiary alicyclic amines) is 1. The van der Waals surface area contributed by atoms with Crippen molar-refractivity contribution in [1.82, 2.24) is 10.2 Å². The zero-order valence-electron chi connectivity index (χ0n) is 16.7. The van der Waals surface area contributed by atoms with E-state index in [0.717, 1.165) is 50.4 Å². The van der Waals surface area contributed by atoms with Crippen LogP contribution in [0, 0.1) is 5.41 Å². The minimum absolute atomic E-state index is 0.217. The van der Waals surface area contributed by atoms with E-state index < -0.39 is 0 Å². The monoisotopic (exact) mass is 380 g/mol. The van der Waals surface area contributed by atoms with Crippen LogP contribution in [0.25, 0.3) is 0 Å². The second-order valence-electron chi connectivity index (χ2n) is 7.87. The van der Waals surface area contributed by atoms with Crippen molar-refractivity contribution >= 4 is 5.91 Å². The number of carbonyl (C=O) groups excluding carboxylic acids is 1. The molecule has 5 nitrogen and oxygen atoms in total. The molecule has 0 radical (unpaired) electrons. The van der Waals surface area contributed by atoms with Crippen LogP contribution in [0.1, 0.15) is 29.5 Å². The number of carbonyl (C=O) groups is 1. The van der Waals surface area contributed by atoms with Crippen LogP contribution in [0.2, 0.25) is 0 Å². The Hall–Kier alpha value is -2.53. The topological polar surface area (TPSA) is 50.8 Å². The number of ether oxygens (including phenoxy) is 2. The highest BCUT2D eigenvalue weighted by atomic mass is 16.5. The number of rotatable bonds is 4. The molecule has 0 aromatic heterocycles. The fourth-order valence-electron chi connectivity index (χ4n) is 4.49. The van der Waals surface area contributed by atoms with E-state index in [-0.39, 0.29) is 11.3 Å². The highest BCUT2D eigenvalue weighted by Crippen LogP contribution is 2.38. The first kappa shape index (κ1) is 18.8. The van der Waals surface area contributed by atoms with Gasteiger partial charge in [0, 0.05) is 13.1 Å². The normalized spacial score (nSPS) is 18.9. The van der Waals surface area contributed by atoms with Gasteiger partial charge in [0.15, 0.2) is 11.5 Å². The molecular weight excluding hydrogens is 352 g/mol. The van der Waals surface area contributed by atoms with Gasteiger partial charge in [-0.1, -0.05) is 30.3 Å². The number of nitrogens with zero attached hydrogens (tertiary/aromatic N) is 1. The van der Waals surface area contributed by atoms with Crippen molar-refractivity contribution < 1.29 is 14.3 Å². The zero-order valence-corrected chi connectivity index (χ0v) is 16.7. The Kier molecular flexibility index (Phi) is 5.27. The van der Waals surface area contributed by atoms with Gasteiger partial charge in [-0.3, -0.25) is 9.69 Å². The largest absolute Gasteiger partial charge is 0.493 e. The molecule has 1 amide bonds. The molecule has 148 valence electrons. The SMILES string of the molecule is COc1ccc(CN2CCC3(CC2)Cc2ccccc2CNC3=O)cc1OC. The second kappa shape index (κ2) is 7.84. The number of benzene rings is 2. The van der Waals surface area contributed by atoms with Crippen molar-refractivity contribution in [3.63, 3.8) is 0 Å². The summed E-state index contributed by atoms with van der Waals surface area (Å²) in [5.41, 5.74) is 3.49. The molecule has 2 aromatic carbocycles. The third-order valence-corrected chi connectivity index (χ3v) is 6.24. The van der Waals surface area contributed by atoms with Crippen molar-refractivity contribution in [2.75, 3.05) is 27.3 Å². The minimum atomic E-state index is -0.277. The first-order valence-corrected chi connectivity index (χ1v) is 9.92. The highest BCUT2D eigenvalue weighted by molar-refractivity contribution is 5.83. The molecule has 1 fully saturated rings. The van der Waals surface area contributed by atoms with E-state index in [2.05, 4.69) is 40.5 Å². The summed E-state index contributed by atoms with van der Waals surface area (Å²) in [6, 6.07) is 14.5. The molecule has 1 spiro atoms. The molecule has 0 saturated carbocycles. The van der Waals surface area contributed by atoms with Gasteiger partial charge in [0.1, 0.15) is 0 Å². The van der Waals surface area contributed by atoms with Gasteiger partial charge in [0.05, 0.1) is 19.6 Å². The smallest absolute Gasteiger partial charge is 0.226 e. The summed E-state index contributed by atoms with van der Waals surface area (Å²) in [6.45, 7) is 3.34. The maximum absolute atomic E-state index is 12.9. The van der Waals surface area contributed by atoms with Crippen LogP contribution in [-0.2, 0) is 24.3 Å². The summed E-state index contributed by atoms with van der Waals surface area (Å²) in [5.74, 6) is 1.72. The van der Waals surface area contributed by atoms with Crippen LogP contribution in [0.3, 0.4) is 0 Å². The summed E-state index contributed by atoms with van der Waals surface area (Å²) < 4.78 is 10.7. The Bertz CT molecular complexity index is 857. The van der Waals surface area contributed by atoms with Crippen LogP contribution in [0.4, 0.5) is 0 Å². The van der Waals surface area contributed by atoms with Gasteiger partial charge in [-0.2, -0.15) is 0 Å². The third-order valence-electron chi connectivity index (χ3n) is 6.24. The predicted octanol–water partition coefficient (Wildman–Crippen LogP) is 3.16. The van der Waals surface area contributed by atoms with Crippen LogP contribution in [0.5, 0.6) is 11.5 Å². The van der Waals surface area contributed by atoms with Crippen molar-refractivity contribution in [2.24, 2.45) is 5.41 Å². The fraction of sp³-hybridized carbons (Fsp3) is 0.435. The number of nitrogens with one attached hydrogen (secondary N) is 1. The van der Waals surface area contributed by atoms with E-state index in [9.17, 15) is 4.79 Å². The van der Waals surface area contributed by atoms with E-state index in [0.29, 0.717) is 6.54 Å². The maximum atomic E-state index is 12.9. The van der Waals surface area contributed by atoms with E-state index >= 15 is 0 Å². The molecule has 2 heterocycles. The average molecular weight is 380 g/mol. The summed E-state index contributed by atoms with van der Waals surface area (Å²) in [5, 5.41) is 3.17. The average Bonchev–Trinajstić information content (AvgIpc) is 2.87. The van der Waals surface area contributed by atoms with Gasteiger partial charge in [-0.05, 0) is 61.2 Å². The molecule has 0 atom stereocenters. The lowest BCUT2D eigenvalue weighted by Gasteiger charge is -2.40. The maximum Gasteiger partial charge on any atom is 0.226 e. The lowest BCUT2D eigenvalue weighted by Crippen LogP contribution is -2.48. The fourth-order valence-corrected chi connectivity index (χ4v) is 4.49. The lowest BCUT2D eigenvalue weighted by molar-refractivity contribution is -0.133. The van der Waals surface area contributed by atoms with E-state index in [4.69, 9.17) is 9.47 Å². The van der Waals surface area contributed by atoms with Crippen LogP contribution in [-0.4, -0.2) is 38.1 Å². The standard InChI is InChI=1S/C23H28N2O3/c1-27-20-8-7-17(13-21(20)28-2)16-25-11-9-23(10-12-25)14-18-5-3-4-6-19(18)15-24-22(23)26/h3-8,13H,9-12,14-16H2,1-2H3,(H,24,26). The van der Waals surface area contributed by atoms with Gasteiger partial charge in [0.2, 0.25) is 5.91 Å². The Morgan fingerprint density at radius 3 is 2.43 bits per heavy atom. The number of piperidine rings is 1. The lowest BCUT2D eigenvalue weighted by atomic mass is 9.73. The number of hydrogen-bond donors (Lipinski definition) is 1. The van der Waals surface area contributed by atoms with E-state index in [1.54, 1.807) is 14.2 Å². The van der Waals surface area contributed by atoms with Gasteiger partial charge in [-0.15, -0.1) is 0 Å². The molecule has 1 saturated heterocycles. The second-order valence-corrected chi connectivity index (χ2v) is 7.87. The third kappa shape index (κ3) is 3.59. The first-order chi connectivity index (χ1) is 13.6. The molecule has 4 rings (SSSR count). The Morgan fingerprint density at radius 1 is 1.00 bits per heavy atom. The molecular formula is C23H28N2O3. The van der Waals surface area contributed by atoms with Crippen LogP contribution < -0.4 is 14.8 Å². The molecule has 5 heteroatoms. The molecule has 1 N–H and O–H groups in total. The van der Waals surface area contributed by atoms with Crippen molar-refractivity contribution in [2.45, 2.75) is 32.4 Å². The van der Waals surface area contributed by atoms with Crippen LogP contribution >= 0.6 is 0 Å². The highest BCUT2D eigenvalue weighted by Gasteiger charge is 2.42. The molecule has 0 aliphatic carbocycles. The van der Waals surface area contributed by atoms with Gasteiger partial charge < -0.3 is 14.8 Å². The molecule has 0 unspecified atom stereocenters. The van der Waals surface area contributed by atoms with Gasteiger partial charge in [0.25, 0.3) is 0 Å². The predicted molar refractivity (Wildman–Crippen MR) is 108 cm³/mol. The van der Waals surface area contributed by atoms with Crippen molar-refractivity contribution in [3.8, 4) is 11.5 Å². The minimum Gasteiger partial charge on any atom is -0.493 e. The number of methoxy groups -OCH3 is 2. The quantitative estimate of drug-likeness (QED) is 0.885. The van der Waals surface area contributed by atoms with E-state index in [1.807, 2.05) is 12.1 Å². The summed E-state index contributed by atoms with van der Waals surface area (Å²) >= 11 is 0. The van der Waals surface area contributed by atoms with Crippen LogP contribution in [0.15, 0.2) is 42.5 Å². The van der Waals surface area contributed by atoms with Gasteiger partial charge in [-0.25, -0.2) is 0 Å². The molecule has 2 aliphatic rings. The van der Waals surface area contributed by atoms with E-state index in [1.165, 1.54) is 16.7 Å². The molecule has 0 bridgehead atoms. The Labute approximate surface area is 166 Å². The summed E-state index contributed by atoms with van der Waals surface area (Å²) in [6.07, 6.45) is 2.63. The molecule has 28 heavy (non-hydrogen) atoms. The molecule has 2 aliphatic heterocycles. The number of fused-ring (bicyclic) bond motifs is 1. The number of amides is 1. The number of hydrogen-bond acceptors (Lipinski definition) is 4. The van der Waals surface area contributed by atoms with Crippen molar-refractivity contribution in [3.05, 3.63) is 59.2 Å². The summed E-state index contributed by atoms with van der Waals surface area (Å²) in [7, 11) is 3.31. The van der Waals surface area contributed by atoms with Gasteiger partial charge >= 0.3 is 0 Å². The van der Waals surface area contributed by atoms with Crippen molar-refractivity contribution in [1.29, 1.82) is 0 Å². The molecule has 2 aromatic rings. The zero-order chi connectivity index (χ0) is 19.6. The summed E-state index contributed by atoms with van der Waals surface area (Å²) in [4.78, 5) is 15.3. The first-order valence-electron chi connectivity index (χ1n) is 9.92. The Morgan fingerprint density at radius 2 is 1.71 bits per heavy atom. The Balaban J connectivity index is 1.45.